The van der Waals surface area contributed by atoms with Gasteiger partial charge in [0.05, 0.1) is 0 Å². The molecule has 0 unspecified atom stereocenters. The molecule has 11 heavy (non-hydrogen) atoms. The van der Waals surface area contributed by atoms with Crippen LogP contribution >= 0.6 is 11.8 Å². The molecular formula is C8H15NOS. The third-order valence-corrected chi connectivity index (χ3v) is 2.87. The maximum Gasteiger partial charge on any atom is 0.279 e. The van der Waals surface area contributed by atoms with Crippen LogP contribution in [0.5, 0.6) is 0 Å². The molecule has 1 aliphatic carbocycles. The quantitative estimate of drug-likeness (QED) is 0.694. The number of rotatable bonds is 2. The van der Waals surface area contributed by atoms with Crippen molar-refractivity contribution in [2.24, 2.45) is 0 Å². The fourth-order valence-electron chi connectivity index (χ4n) is 0.910. The maximum atomic E-state index is 11.1. The van der Waals surface area contributed by atoms with Crippen molar-refractivity contribution in [2.45, 2.75) is 44.4 Å². The second-order valence-electron chi connectivity index (χ2n) is 3.26. The molecule has 0 saturated heterocycles. The summed E-state index contributed by atoms with van der Waals surface area (Å²) in [6.07, 6.45) is 3.74. The number of amides is 1. The fraction of sp³-hybridized carbons (Fsp3) is 0.875. The van der Waals surface area contributed by atoms with Crippen molar-refractivity contribution in [1.29, 1.82) is 0 Å². The van der Waals surface area contributed by atoms with Gasteiger partial charge in [0, 0.05) is 11.3 Å². The Bertz CT molecular complexity index is 143. The van der Waals surface area contributed by atoms with E-state index >= 15 is 0 Å². The van der Waals surface area contributed by atoms with E-state index in [2.05, 4.69) is 5.32 Å². The molecule has 0 aliphatic heterocycles. The summed E-state index contributed by atoms with van der Waals surface area (Å²) in [7, 11) is 0. The number of nitrogens with one attached hydrogen (secondary N) is 1. The van der Waals surface area contributed by atoms with E-state index in [1.807, 2.05) is 13.8 Å². The van der Waals surface area contributed by atoms with Gasteiger partial charge in [0.15, 0.2) is 0 Å². The first-order chi connectivity index (χ1) is 5.18. The number of thioether (sulfide) groups is 1. The van der Waals surface area contributed by atoms with Crippen molar-refractivity contribution in [1.82, 2.24) is 5.32 Å². The van der Waals surface area contributed by atoms with Gasteiger partial charge >= 0.3 is 0 Å². The van der Waals surface area contributed by atoms with Gasteiger partial charge in [-0.25, -0.2) is 0 Å². The summed E-state index contributed by atoms with van der Waals surface area (Å²) in [6.45, 7) is 3.97. The minimum atomic E-state index is 0.143. The standard InChI is InChI=1S/C8H15NOS/c1-6(2)9-8(10)11-7-4-3-5-7/h6-7H,3-5H2,1-2H3,(H,9,10). The Morgan fingerprint density at radius 2 is 2.18 bits per heavy atom. The third kappa shape index (κ3) is 3.14. The molecule has 1 rings (SSSR count). The van der Waals surface area contributed by atoms with Crippen LogP contribution in [-0.2, 0) is 0 Å². The molecule has 0 heterocycles. The lowest BCUT2D eigenvalue weighted by Crippen LogP contribution is -2.29. The number of hydrogen-bond acceptors (Lipinski definition) is 2. The molecule has 64 valence electrons. The summed E-state index contributed by atoms with van der Waals surface area (Å²) in [4.78, 5) is 11.1. The van der Waals surface area contributed by atoms with Crippen LogP contribution in [0.2, 0.25) is 0 Å². The largest absolute Gasteiger partial charge is 0.345 e. The van der Waals surface area contributed by atoms with E-state index in [1.54, 1.807) is 0 Å². The van der Waals surface area contributed by atoms with Crippen LogP contribution in [0.4, 0.5) is 4.79 Å². The molecule has 0 aromatic heterocycles. The second-order valence-corrected chi connectivity index (χ2v) is 4.53. The average Bonchev–Trinajstić information content (AvgIpc) is 1.77. The third-order valence-electron chi connectivity index (χ3n) is 1.73. The second kappa shape index (κ2) is 4.00. The van der Waals surface area contributed by atoms with Crippen LogP contribution in [0.15, 0.2) is 0 Å². The molecular weight excluding hydrogens is 158 g/mol. The van der Waals surface area contributed by atoms with Gasteiger partial charge in [-0.05, 0) is 26.7 Å². The summed E-state index contributed by atoms with van der Waals surface area (Å²) >= 11 is 1.46. The van der Waals surface area contributed by atoms with Crippen LogP contribution in [0, 0.1) is 0 Å². The molecule has 3 heteroatoms. The van der Waals surface area contributed by atoms with E-state index in [0.717, 1.165) is 0 Å². The molecule has 0 spiro atoms. The Kier molecular flexibility index (Phi) is 3.24. The first-order valence-electron chi connectivity index (χ1n) is 4.15. The summed E-state index contributed by atoms with van der Waals surface area (Å²) in [5.74, 6) is 0. The summed E-state index contributed by atoms with van der Waals surface area (Å²) in [5, 5.41) is 3.61. The first-order valence-corrected chi connectivity index (χ1v) is 5.03. The predicted octanol–water partition coefficient (Wildman–Crippen LogP) is 2.39. The topological polar surface area (TPSA) is 29.1 Å². The van der Waals surface area contributed by atoms with Gasteiger partial charge in [-0.15, -0.1) is 0 Å². The van der Waals surface area contributed by atoms with Gasteiger partial charge in [-0.2, -0.15) is 0 Å². The van der Waals surface area contributed by atoms with E-state index in [4.69, 9.17) is 0 Å². The number of carbonyl (C=O) groups is 1. The zero-order valence-electron chi connectivity index (χ0n) is 7.09. The molecule has 1 N–H and O–H groups in total. The van der Waals surface area contributed by atoms with E-state index in [9.17, 15) is 4.79 Å². The van der Waals surface area contributed by atoms with Gasteiger partial charge < -0.3 is 5.32 Å². The SMILES string of the molecule is CC(C)NC(=O)SC1CCC1. The molecule has 0 aromatic rings. The minimum absolute atomic E-state index is 0.143. The summed E-state index contributed by atoms with van der Waals surface area (Å²) < 4.78 is 0. The van der Waals surface area contributed by atoms with E-state index in [-0.39, 0.29) is 11.3 Å². The highest BCUT2D eigenvalue weighted by Gasteiger charge is 2.21. The minimum Gasteiger partial charge on any atom is -0.345 e. The van der Waals surface area contributed by atoms with Gasteiger partial charge in [0.1, 0.15) is 0 Å². The molecule has 0 aromatic carbocycles. The van der Waals surface area contributed by atoms with E-state index < -0.39 is 0 Å². The lowest BCUT2D eigenvalue weighted by atomic mass is 10.0. The molecule has 1 fully saturated rings. The van der Waals surface area contributed by atoms with Crippen molar-refractivity contribution in [3.63, 3.8) is 0 Å². The highest BCUT2D eigenvalue weighted by molar-refractivity contribution is 8.14. The molecule has 0 atom stereocenters. The van der Waals surface area contributed by atoms with Crippen molar-refractivity contribution in [2.75, 3.05) is 0 Å². The van der Waals surface area contributed by atoms with Crippen LogP contribution < -0.4 is 5.32 Å². The van der Waals surface area contributed by atoms with E-state index in [1.165, 1.54) is 31.0 Å². The highest BCUT2D eigenvalue weighted by atomic mass is 32.2. The van der Waals surface area contributed by atoms with E-state index in [0.29, 0.717) is 5.25 Å². The number of hydrogen-bond donors (Lipinski definition) is 1. The predicted molar refractivity (Wildman–Crippen MR) is 48.9 cm³/mol. The smallest absolute Gasteiger partial charge is 0.279 e. The molecule has 0 radical (unpaired) electrons. The normalized spacial score (nSPS) is 18.1. The van der Waals surface area contributed by atoms with Crippen LogP contribution in [-0.4, -0.2) is 16.5 Å². The average molecular weight is 173 g/mol. The zero-order chi connectivity index (χ0) is 8.27. The van der Waals surface area contributed by atoms with Gasteiger partial charge in [-0.1, -0.05) is 18.2 Å². The number of carbonyl (C=O) groups excluding carboxylic acids is 1. The van der Waals surface area contributed by atoms with Crippen molar-refractivity contribution < 1.29 is 4.79 Å². The monoisotopic (exact) mass is 173 g/mol. The fourth-order valence-corrected chi connectivity index (χ4v) is 2.09. The van der Waals surface area contributed by atoms with Crippen LogP contribution in [0.25, 0.3) is 0 Å². The lowest BCUT2D eigenvalue weighted by Gasteiger charge is -2.23. The molecule has 2 nitrogen and oxygen atoms in total. The maximum absolute atomic E-state index is 11.1. The van der Waals surface area contributed by atoms with Gasteiger partial charge in [-0.3, -0.25) is 4.79 Å². The van der Waals surface area contributed by atoms with Gasteiger partial charge in [0.25, 0.3) is 5.24 Å². The molecule has 1 saturated carbocycles. The van der Waals surface area contributed by atoms with Crippen molar-refractivity contribution >= 4 is 17.0 Å². The van der Waals surface area contributed by atoms with Crippen molar-refractivity contribution in [3.05, 3.63) is 0 Å². The van der Waals surface area contributed by atoms with Crippen LogP contribution in [0.3, 0.4) is 0 Å². The Hall–Kier alpha value is -0.180. The van der Waals surface area contributed by atoms with Crippen LogP contribution in [0.1, 0.15) is 33.1 Å². The highest BCUT2D eigenvalue weighted by Crippen LogP contribution is 2.31. The molecule has 1 amide bonds. The Labute approximate surface area is 72.1 Å². The Balaban J connectivity index is 2.09. The summed E-state index contributed by atoms with van der Waals surface area (Å²) in [6, 6.07) is 0.273. The first kappa shape index (κ1) is 8.91. The molecule has 1 aliphatic rings. The Morgan fingerprint density at radius 3 is 2.55 bits per heavy atom. The zero-order valence-corrected chi connectivity index (χ0v) is 7.91. The van der Waals surface area contributed by atoms with Crippen molar-refractivity contribution in [3.8, 4) is 0 Å². The lowest BCUT2D eigenvalue weighted by molar-refractivity contribution is 0.258. The molecule has 0 bridgehead atoms. The van der Waals surface area contributed by atoms with Gasteiger partial charge in [0.2, 0.25) is 0 Å². The Morgan fingerprint density at radius 1 is 1.55 bits per heavy atom. The summed E-state index contributed by atoms with van der Waals surface area (Å²) in [5.41, 5.74) is 0.